The molecule has 0 bridgehead atoms. The SMILES string of the molecule is C=CC(=O)SCC1CSC(c2cc(C)cs2)S1. The van der Waals surface area contributed by atoms with Crippen molar-refractivity contribution in [2.75, 3.05) is 11.5 Å². The highest BCUT2D eigenvalue weighted by Gasteiger charge is 2.28. The third kappa shape index (κ3) is 3.81. The van der Waals surface area contributed by atoms with Crippen molar-refractivity contribution in [3.8, 4) is 0 Å². The van der Waals surface area contributed by atoms with Crippen LogP contribution in [0.2, 0.25) is 0 Å². The van der Waals surface area contributed by atoms with Gasteiger partial charge in [0.25, 0.3) is 0 Å². The molecule has 0 saturated carbocycles. The maximum absolute atomic E-state index is 11.2. The summed E-state index contributed by atoms with van der Waals surface area (Å²) in [4.78, 5) is 12.6. The molecule has 0 amide bonds. The van der Waals surface area contributed by atoms with Crippen molar-refractivity contribution in [2.45, 2.75) is 16.8 Å². The summed E-state index contributed by atoms with van der Waals surface area (Å²) >= 11 is 7.23. The highest BCUT2D eigenvalue weighted by atomic mass is 32.2. The average molecular weight is 303 g/mol. The number of aryl methyl sites for hydroxylation is 1. The Labute approximate surface area is 119 Å². The van der Waals surface area contributed by atoms with E-state index >= 15 is 0 Å². The molecule has 2 unspecified atom stereocenters. The minimum Gasteiger partial charge on any atom is -0.282 e. The predicted molar refractivity (Wildman–Crippen MR) is 83.3 cm³/mol. The molecular formula is C12H14OS4. The van der Waals surface area contributed by atoms with Crippen LogP contribution >= 0.6 is 46.6 Å². The average Bonchev–Trinajstić information content (AvgIpc) is 2.94. The number of hydrogen-bond acceptors (Lipinski definition) is 5. The molecule has 0 spiro atoms. The standard InChI is InChI=1S/C12H14OS4/c1-3-11(13)15-6-9-7-16-12(17-9)10-4-8(2)5-14-10/h3-5,9,12H,1,6-7H2,2H3. The number of carbonyl (C=O) groups excluding carboxylic acids is 1. The summed E-state index contributed by atoms with van der Waals surface area (Å²) in [5, 5.41) is 2.88. The first-order chi connectivity index (χ1) is 8.19. The summed E-state index contributed by atoms with van der Waals surface area (Å²) in [7, 11) is 0. The van der Waals surface area contributed by atoms with Crippen LogP contribution in [0.5, 0.6) is 0 Å². The first-order valence-corrected chi connectivity index (χ1v) is 9.16. The first-order valence-electron chi connectivity index (χ1n) is 5.30. The van der Waals surface area contributed by atoms with Crippen molar-refractivity contribution >= 4 is 51.7 Å². The zero-order valence-corrected chi connectivity index (χ0v) is 12.8. The minimum absolute atomic E-state index is 0.0889. The summed E-state index contributed by atoms with van der Waals surface area (Å²) < 4.78 is 0.568. The van der Waals surface area contributed by atoms with E-state index in [0.29, 0.717) is 9.83 Å². The van der Waals surface area contributed by atoms with E-state index in [1.54, 1.807) is 0 Å². The van der Waals surface area contributed by atoms with Gasteiger partial charge in [-0.3, -0.25) is 4.79 Å². The van der Waals surface area contributed by atoms with Crippen LogP contribution in [0.15, 0.2) is 24.1 Å². The summed E-state index contributed by atoms with van der Waals surface area (Å²) in [5.41, 5.74) is 1.35. The zero-order valence-electron chi connectivity index (χ0n) is 9.55. The maximum atomic E-state index is 11.2. The van der Waals surface area contributed by atoms with Gasteiger partial charge in [0, 0.05) is 21.6 Å². The number of thioether (sulfide) groups is 3. The fourth-order valence-electron chi connectivity index (χ4n) is 1.50. The highest BCUT2D eigenvalue weighted by molar-refractivity contribution is 8.21. The molecule has 2 atom stereocenters. The van der Waals surface area contributed by atoms with Crippen LogP contribution in [0.4, 0.5) is 0 Å². The van der Waals surface area contributed by atoms with E-state index in [9.17, 15) is 4.79 Å². The van der Waals surface area contributed by atoms with E-state index in [-0.39, 0.29) is 5.12 Å². The van der Waals surface area contributed by atoms with Crippen molar-refractivity contribution < 1.29 is 4.79 Å². The minimum atomic E-state index is 0.0889. The Morgan fingerprint density at radius 3 is 3.18 bits per heavy atom. The van der Waals surface area contributed by atoms with Crippen LogP contribution in [0.3, 0.4) is 0 Å². The molecule has 0 N–H and O–H groups in total. The summed E-state index contributed by atoms with van der Waals surface area (Å²) in [5.74, 6) is 2.05. The number of rotatable bonds is 4. The molecule has 1 nitrogen and oxygen atoms in total. The zero-order chi connectivity index (χ0) is 12.3. The van der Waals surface area contributed by atoms with E-state index in [1.165, 1.54) is 28.3 Å². The van der Waals surface area contributed by atoms with Crippen LogP contribution in [0.25, 0.3) is 0 Å². The molecule has 2 heterocycles. The second kappa shape index (κ2) is 6.36. The predicted octanol–water partition coefficient (Wildman–Crippen LogP) is 4.35. The number of hydrogen-bond donors (Lipinski definition) is 0. The van der Waals surface area contributed by atoms with Crippen LogP contribution in [0.1, 0.15) is 15.0 Å². The smallest absolute Gasteiger partial charge is 0.211 e. The van der Waals surface area contributed by atoms with Gasteiger partial charge in [0.05, 0.1) is 4.58 Å². The van der Waals surface area contributed by atoms with Gasteiger partial charge in [-0.1, -0.05) is 18.3 Å². The van der Waals surface area contributed by atoms with Crippen molar-refractivity contribution in [3.63, 3.8) is 0 Å². The molecule has 17 heavy (non-hydrogen) atoms. The Balaban J connectivity index is 1.83. The second-order valence-electron chi connectivity index (χ2n) is 3.78. The molecule has 1 aliphatic rings. The molecule has 0 aliphatic carbocycles. The van der Waals surface area contributed by atoms with Crippen molar-refractivity contribution in [1.29, 1.82) is 0 Å². The Bertz CT molecular complexity index is 412. The molecule has 2 rings (SSSR count). The van der Waals surface area contributed by atoms with Gasteiger partial charge >= 0.3 is 0 Å². The molecule has 92 valence electrons. The Morgan fingerprint density at radius 2 is 2.53 bits per heavy atom. The number of carbonyl (C=O) groups is 1. The number of thiophene rings is 1. The third-order valence-corrected chi connectivity index (χ3v) is 8.28. The lowest BCUT2D eigenvalue weighted by Gasteiger charge is -2.07. The van der Waals surface area contributed by atoms with Gasteiger partial charge in [0.1, 0.15) is 0 Å². The van der Waals surface area contributed by atoms with Gasteiger partial charge in [-0.2, -0.15) is 0 Å². The first kappa shape index (κ1) is 13.6. The van der Waals surface area contributed by atoms with Crippen LogP contribution in [-0.4, -0.2) is 21.9 Å². The lowest BCUT2D eigenvalue weighted by Crippen LogP contribution is -2.06. The highest BCUT2D eigenvalue weighted by Crippen LogP contribution is 2.51. The van der Waals surface area contributed by atoms with Crippen LogP contribution < -0.4 is 0 Å². The molecule has 1 fully saturated rings. The van der Waals surface area contributed by atoms with Gasteiger partial charge < -0.3 is 0 Å². The molecule has 1 aromatic heterocycles. The molecular weight excluding hydrogens is 288 g/mol. The van der Waals surface area contributed by atoms with E-state index in [1.807, 2.05) is 34.9 Å². The van der Waals surface area contributed by atoms with E-state index in [4.69, 9.17) is 0 Å². The second-order valence-corrected chi connectivity index (χ2v) is 8.60. The molecule has 0 radical (unpaired) electrons. The normalized spacial score (nSPS) is 23.8. The van der Waals surface area contributed by atoms with Crippen molar-refractivity contribution in [2.24, 2.45) is 0 Å². The summed E-state index contributed by atoms with van der Waals surface area (Å²) in [6.45, 7) is 5.63. The molecule has 1 aliphatic heterocycles. The topological polar surface area (TPSA) is 17.1 Å². The van der Waals surface area contributed by atoms with Gasteiger partial charge in [0.15, 0.2) is 0 Å². The third-order valence-electron chi connectivity index (χ3n) is 2.31. The van der Waals surface area contributed by atoms with E-state index < -0.39 is 0 Å². The Hall–Kier alpha value is 0.160. The Morgan fingerprint density at radius 1 is 1.71 bits per heavy atom. The lowest BCUT2D eigenvalue weighted by molar-refractivity contribution is -0.107. The van der Waals surface area contributed by atoms with Gasteiger partial charge in [-0.05, 0) is 30.0 Å². The van der Waals surface area contributed by atoms with Gasteiger partial charge in [0.2, 0.25) is 5.12 Å². The molecule has 5 heteroatoms. The van der Waals surface area contributed by atoms with Crippen LogP contribution in [-0.2, 0) is 4.79 Å². The summed E-state index contributed by atoms with van der Waals surface area (Å²) in [6, 6.07) is 2.28. The lowest BCUT2D eigenvalue weighted by atomic mass is 10.3. The quantitative estimate of drug-likeness (QED) is 0.769. The Kier molecular flexibility index (Phi) is 5.09. The molecule has 1 saturated heterocycles. The van der Waals surface area contributed by atoms with Gasteiger partial charge in [-0.25, -0.2) is 0 Å². The maximum Gasteiger partial charge on any atom is 0.211 e. The largest absolute Gasteiger partial charge is 0.282 e. The van der Waals surface area contributed by atoms with Crippen LogP contribution in [0, 0.1) is 6.92 Å². The van der Waals surface area contributed by atoms with E-state index in [0.717, 1.165) is 11.5 Å². The van der Waals surface area contributed by atoms with Crippen molar-refractivity contribution in [3.05, 3.63) is 34.5 Å². The van der Waals surface area contributed by atoms with E-state index in [2.05, 4.69) is 24.9 Å². The fraction of sp³-hybridized carbons (Fsp3) is 0.417. The molecule has 1 aromatic rings. The van der Waals surface area contributed by atoms with Crippen molar-refractivity contribution in [1.82, 2.24) is 0 Å². The fourth-order valence-corrected chi connectivity index (χ4v) is 7.07. The summed E-state index contributed by atoms with van der Waals surface area (Å²) in [6.07, 6.45) is 1.40. The van der Waals surface area contributed by atoms with Gasteiger partial charge in [-0.15, -0.1) is 34.9 Å². The molecule has 0 aromatic carbocycles. The monoisotopic (exact) mass is 302 g/mol.